The van der Waals surface area contributed by atoms with Crippen LogP contribution in [-0.4, -0.2) is 33.4 Å². The maximum absolute atomic E-state index is 9.18. The van der Waals surface area contributed by atoms with Crippen LogP contribution in [0.2, 0.25) is 0 Å². The fourth-order valence-corrected chi connectivity index (χ4v) is 3.82. The van der Waals surface area contributed by atoms with Gasteiger partial charge in [0.25, 0.3) is 0 Å². The van der Waals surface area contributed by atoms with Gasteiger partial charge in [-0.05, 0) is 46.6 Å². The standard InChI is InChI=1S/C16H17BrN4O2S/c1-23-10-3-4-11(17)13(9-10)24-16-20-14-12(5-6-19-15(14)18)21(16)7-2-8-22/h3-6,9,22H,2,7-8H2,1H3,(H2,18,19). The largest absolute Gasteiger partial charge is 0.497 e. The molecule has 126 valence electrons. The van der Waals surface area contributed by atoms with E-state index in [1.54, 1.807) is 13.3 Å². The third kappa shape index (κ3) is 3.35. The second-order valence-electron chi connectivity index (χ2n) is 5.09. The number of nitrogens with zero attached hydrogens (tertiary/aromatic N) is 3. The lowest BCUT2D eigenvalue weighted by Gasteiger charge is -2.10. The first kappa shape index (κ1) is 17.1. The number of rotatable bonds is 6. The average Bonchev–Trinajstić information content (AvgIpc) is 2.94. The van der Waals surface area contributed by atoms with E-state index in [0.717, 1.165) is 25.8 Å². The van der Waals surface area contributed by atoms with E-state index in [0.29, 0.717) is 24.3 Å². The SMILES string of the molecule is COc1ccc(Br)c(Sc2nc3c(N)nccc3n2CCCO)c1. The minimum absolute atomic E-state index is 0.118. The highest BCUT2D eigenvalue weighted by atomic mass is 79.9. The van der Waals surface area contributed by atoms with Gasteiger partial charge in [0.15, 0.2) is 11.0 Å². The van der Waals surface area contributed by atoms with Crippen molar-refractivity contribution in [3.05, 3.63) is 34.9 Å². The molecular formula is C16H17BrN4O2S. The van der Waals surface area contributed by atoms with Crippen LogP contribution < -0.4 is 10.5 Å². The van der Waals surface area contributed by atoms with E-state index >= 15 is 0 Å². The molecule has 24 heavy (non-hydrogen) atoms. The summed E-state index contributed by atoms with van der Waals surface area (Å²) in [6.07, 6.45) is 2.31. The average molecular weight is 409 g/mol. The molecule has 0 aliphatic carbocycles. The van der Waals surface area contributed by atoms with Crippen LogP contribution in [0.3, 0.4) is 0 Å². The number of pyridine rings is 1. The maximum Gasteiger partial charge on any atom is 0.174 e. The van der Waals surface area contributed by atoms with Crippen LogP contribution in [0, 0.1) is 0 Å². The molecule has 0 bridgehead atoms. The Morgan fingerprint density at radius 3 is 2.96 bits per heavy atom. The number of hydrogen-bond donors (Lipinski definition) is 2. The first-order valence-corrected chi connectivity index (χ1v) is 8.98. The number of methoxy groups -OCH3 is 1. The Morgan fingerprint density at radius 1 is 1.38 bits per heavy atom. The normalized spacial score (nSPS) is 11.1. The molecule has 0 radical (unpaired) electrons. The van der Waals surface area contributed by atoms with Crippen molar-refractivity contribution < 1.29 is 9.84 Å². The molecule has 1 aromatic carbocycles. The summed E-state index contributed by atoms with van der Waals surface area (Å²) in [7, 11) is 1.64. The van der Waals surface area contributed by atoms with Gasteiger partial charge in [0, 0.05) is 28.7 Å². The van der Waals surface area contributed by atoms with Crippen LogP contribution in [0.1, 0.15) is 6.42 Å². The van der Waals surface area contributed by atoms with Crippen molar-refractivity contribution in [1.82, 2.24) is 14.5 Å². The number of fused-ring (bicyclic) bond motifs is 1. The van der Waals surface area contributed by atoms with Crippen molar-refractivity contribution in [2.24, 2.45) is 0 Å². The Labute approximate surface area is 152 Å². The molecule has 0 fully saturated rings. The lowest BCUT2D eigenvalue weighted by molar-refractivity contribution is 0.279. The lowest BCUT2D eigenvalue weighted by Crippen LogP contribution is -2.02. The summed E-state index contributed by atoms with van der Waals surface area (Å²) in [5.41, 5.74) is 7.55. The molecule has 3 N–H and O–H groups in total. The van der Waals surface area contributed by atoms with Crippen LogP contribution in [-0.2, 0) is 6.54 Å². The molecule has 2 heterocycles. The molecule has 0 atom stereocenters. The van der Waals surface area contributed by atoms with Gasteiger partial charge < -0.3 is 20.1 Å². The first-order chi connectivity index (χ1) is 11.6. The number of benzene rings is 1. The van der Waals surface area contributed by atoms with Crippen LogP contribution in [0.4, 0.5) is 5.82 Å². The second-order valence-corrected chi connectivity index (χ2v) is 6.95. The Balaban J connectivity index is 2.06. The third-order valence-corrected chi connectivity index (χ3v) is 5.55. The van der Waals surface area contributed by atoms with Gasteiger partial charge in [0.2, 0.25) is 0 Å². The monoisotopic (exact) mass is 408 g/mol. The highest BCUT2D eigenvalue weighted by molar-refractivity contribution is 9.10. The number of ether oxygens (including phenoxy) is 1. The highest BCUT2D eigenvalue weighted by Gasteiger charge is 2.16. The van der Waals surface area contributed by atoms with E-state index < -0.39 is 0 Å². The van der Waals surface area contributed by atoms with E-state index in [1.165, 1.54) is 11.8 Å². The smallest absolute Gasteiger partial charge is 0.174 e. The molecule has 0 saturated heterocycles. The number of aliphatic hydroxyl groups is 1. The Hall–Kier alpha value is -1.77. The number of aromatic nitrogens is 3. The second kappa shape index (κ2) is 7.42. The summed E-state index contributed by atoms with van der Waals surface area (Å²) in [4.78, 5) is 9.75. The van der Waals surface area contributed by atoms with Crippen LogP contribution >= 0.6 is 27.7 Å². The predicted molar refractivity (Wildman–Crippen MR) is 98.5 cm³/mol. The fraction of sp³-hybridized carbons (Fsp3) is 0.250. The molecule has 0 aliphatic rings. The van der Waals surface area contributed by atoms with Crippen molar-refractivity contribution in [3.63, 3.8) is 0 Å². The zero-order chi connectivity index (χ0) is 17.1. The summed E-state index contributed by atoms with van der Waals surface area (Å²) in [5.74, 6) is 1.18. The molecule has 0 spiro atoms. The molecule has 3 aromatic rings. The number of nitrogen functional groups attached to an aromatic ring is 1. The van der Waals surface area contributed by atoms with Gasteiger partial charge in [0.1, 0.15) is 11.3 Å². The number of imidazole rings is 1. The van der Waals surface area contributed by atoms with Crippen LogP contribution in [0.15, 0.2) is 45.0 Å². The lowest BCUT2D eigenvalue weighted by atomic mass is 10.3. The summed E-state index contributed by atoms with van der Waals surface area (Å²) in [5, 5.41) is 9.98. The predicted octanol–water partition coefficient (Wildman–Crippen LogP) is 3.32. The minimum Gasteiger partial charge on any atom is -0.497 e. The highest BCUT2D eigenvalue weighted by Crippen LogP contribution is 2.37. The molecule has 8 heteroatoms. The van der Waals surface area contributed by atoms with Crippen molar-refractivity contribution in [2.45, 2.75) is 23.0 Å². The molecule has 3 rings (SSSR count). The number of aryl methyl sites for hydroxylation is 1. The van der Waals surface area contributed by atoms with Crippen molar-refractivity contribution >= 4 is 44.5 Å². The summed E-state index contributed by atoms with van der Waals surface area (Å²) in [6, 6.07) is 7.68. The summed E-state index contributed by atoms with van der Waals surface area (Å²) in [6.45, 7) is 0.771. The molecule has 0 amide bonds. The van der Waals surface area contributed by atoms with Gasteiger partial charge in [-0.25, -0.2) is 9.97 Å². The van der Waals surface area contributed by atoms with Gasteiger partial charge in [-0.2, -0.15) is 0 Å². The van der Waals surface area contributed by atoms with E-state index in [4.69, 9.17) is 10.5 Å². The Kier molecular flexibility index (Phi) is 5.27. The number of halogens is 1. The number of anilines is 1. The minimum atomic E-state index is 0.118. The molecule has 2 aromatic heterocycles. The van der Waals surface area contributed by atoms with Crippen molar-refractivity contribution in [3.8, 4) is 5.75 Å². The van der Waals surface area contributed by atoms with Gasteiger partial charge in [0.05, 0.1) is 12.6 Å². The van der Waals surface area contributed by atoms with Crippen molar-refractivity contribution in [2.75, 3.05) is 19.5 Å². The van der Waals surface area contributed by atoms with Crippen LogP contribution in [0.5, 0.6) is 5.75 Å². The Morgan fingerprint density at radius 2 is 2.21 bits per heavy atom. The quantitative estimate of drug-likeness (QED) is 0.650. The van der Waals surface area contributed by atoms with Crippen molar-refractivity contribution in [1.29, 1.82) is 0 Å². The first-order valence-electron chi connectivity index (χ1n) is 7.37. The molecular weight excluding hydrogens is 392 g/mol. The third-order valence-electron chi connectivity index (χ3n) is 3.54. The Bertz CT molecular complexity index is 869. The fourth-order valence-electron chi connectivity index (χ4n) is 2.36. The van der Waals surface area contributed by atoms with E-state index in [-0.39, 0.29) is 6.61 Å². The van der Waals surface area contributed by atoms with E-state index in [2.05, 4.69) is 30.5 Å². The van der Waals surface area contributed by atoms with Gasteiger partial charge >= 0.3 is 0 Å². The number of hydrogen-bond acceptors (Lipinski definition) is 6. The number of nitrogens with two attached hydrogens (primary N) is 1. The van der Waals surface area contributed by atoms with E-state index in [1.807, 2.05) is 24.3 Å². The van der Waals surface area contributed by atoms with Gasteiger partial charge in [-0.3, -0.25) is 0 Å². The molecule has 0 aliphatic heterocycles. The topological polar surface area (TPSA) is 86.2 Å². The van der Waals surface area contributed by atoms with Crippen LogP contribution in [0.25, 0.3) is 11.0 Å². The maximum atomic E-state index is 9.18. The summed E-state index contributed by atoms with van der Waals surface area (Å²) < 4.78 is 8.31. The zero-order valence-corrected chi connectivity index (χ0v) is 15.5. The summed E-state index contributed by atoms with van der Waals surface area (Å²) >= 11 is 5.08. The van der Waals surface area contributed by atoms with Gasteiger partial charge in [-0.15, -0.1) is 0 Å². The number of aliphatic hydroxyl groups excluding tert-OH is 1. The van der Waals surface area contributed by atoms with E-state index in [9.17, 15) is 5.11 Å². The molecule has 0 saturated carbocycles. The molecule has 0 unspecified atom stereocenters. The molecule has 6 nitrogen and oxygen atoms in total. The van der Waals surface area contributed by atoms with Gasteiger partial charge in [-0.1, -0.05) is 11.8 Å². The zero-order valence-electron chi connectivity index (χ0n) is 13.1.